The summed E-state index contributed by atoms with van der Waals surface area (Å²) in [7, 11) is 0. The van der Waals surface area contributed by atoms with E-state index in [1.807, 2.05) is 0 Å². The topological polar surface area (TPSA) is 94.4 Å². The van der Waals surface area contributed by atoms with Gasteiger partial charge in [0.25, 0.3) is 5.56 Å². The van der Waals surface area contributed by atoms with E-state index in [0.717, 1.165) is 0 Å². The molecule has 0 bridgehead atoms. The van der Waals surface area contributed by atoms with Gasteiger partial charge < -0.3 is 4.98 Å². The number of nitrogens with zero attached hydrogens (tertiary/aromatic N) is 1. The number of hydrogen-bond donors (Lipinski definition) is 3. The van der Waals surface area contributed by atoms with Crippen LogP contribution in [0, 0.1) is 0 Å². The summed E-state index contributed by atoms with van der Waals surface area (Å²) in [6, 6.07) is 5.01. The van der Waals surface area contributed by atoms with Crippen molar-refractivity contribution >= 4 is 34.4 Å². The van der Waals surface area contributed by atoms with Crippen LogP contribution in [-0.2, 0) is 0 Å². The second kappa shape index (κ2) is 4.25. The lowest BCUT2D eigenvalue weighted by Gasteiger charge is -2.02. The van der Waals surface area contributed by atoms with Gasteiger partial charge in [-0.1, -0.05) is 29.3 Å². The fourth-order valence-corrected chi connectivity index (χ4v) is 2.35. The molecule has 6 nitrogen and oxygen atoms in total. The number of H-pyrrole nitrogens is 3. The van der Waals surface area contributed by atoms with Gasteiger partial charge in [-0.2, -0.15) is 0 Å². The van der Waals surface area contributed by atoms with Crippen molar-refractivity contribution in [3.63, 3.8) is 0 Å². The molecule has 96 valence electrons. The molecular weight excluding hydrogens is 291 g/mol. The van der Waals surface area contributed by atoms with E-state index in [1.54, 1.807) is 18.2 Å². The highest BCUT2D eigenvalue weighted by molar-refractivity contribution is 6.39. The van der Waals surface area contributed by atoms with Crippen LogP contribution in [-0.4, -0.2) is 19.9 Å². The molecular formula is C11H6Cl2N4O2. The van der Waals surface area contributed by atoms with Crippen LogP contribution in [0.4, 0.5) is 0 Å². The Morgan fingerprint density at radius 1 is 1.00 bits per heavy atom. The standard InChI is InChI=1S/C11H6Cl2N4O2/c12-4-2-1-3-5(13)6(4)8-14-7-9(15-8)16-11(19)17-10(7)18/h1-3H,(H3,14,15,16,17,18,19). The minimum absolute atomic E-state index is 0.153. The lowest BCUT2D eigenvalue weighted by molar-refractivity contribution is 1.07. The number of hydrogen-bond acceptors (Lipinski definition) is 3. The predicted molar refractivity (Wildman–Crippen MR) is 72.8 cm³/mol. The largest absolute Gasteiger partial charge is 0.332 e. The number of aromatic nitrogens is 4. The molecule has 0 amide bonds. The lowest BCUT2D eigenvalue weighted by atomic mass is 10.2. The van der Waals surface area contributed by atoms with Gasteiger partial charge in [0.15, 0.2) is 5.65 Å². The Morgan fingerprint density at radius 2 is 1.68 bits per heavy atom. The van der Waals surface area contributed by atoms with Gasteiger partial charge in [0.05, 0.1) is 15.6 Å². The van der Waals surface area contributed by atoms with Crippen molar-refractivity contribution in [2.75, 3.05) is 0 Å². The lowest BCUT2D eigenvalue weighted by Crippen LogP contribution is -2.21. The summed E-state index contributed by atoms with van der Waals surface area (Å²) >= 11 is 12.1. The molecule has 3 N–H and O–H groups in total. The van der Waals surface area contributed by atoms with E-state index in [2.05, 4.69) is 19.9 Å². The molecule has 0 radical (unpaired) electrons. The van der Waals surface area contributed by atoms with Crippen molar-refractivity contribution < 1.29 is 0 Å². The third kappa shape index (κ3) is 1.94. The highest BCUT2D eigenvalue weighted by atomic mass is 35.5. The molecule has 19 heavy (non-hydrogen) atoms. The molecule has 0 spiro atoms. The van der Waals surface area contributed by atoms with Crippen LogP contribution in [0.3, 0.4) is 0 Å². The number of benzene rings is 1. The van der Waals surface area contributed by atoms with Crippen LogP contribution in [0.25, 0.3) is 22.6 Å². The monoisotopic (exact) mass is 296 g/mol. The Morgan fingerprint density at radius 3 is 2.37 bits per heavy atom. The minimum Gasteiger partial charge on any atom is -0.332 e. The van der Waals surface area contributed by atoms with Crippen molar-refractivity contribution in [2.45, 2.75) is 0 Å². The maximum atomic E-state index is 11.6. The van der Waals surface area contributed by atoms with Gasteiger partial charge in [-0.05, 0) is 12.1 Å². The number of nitrogens with one attached hydrogen (secondary N) is 3. The summed E-state index contributed by atoms with van der Waals surface area (Å²) < 4.78 is 0. The molecule has 2 heterocycles. The van der Waals surface area contributed by atoms with Gasteiger partial charge >= 0.3 is 5.69 Å². The summed E-state index contributed by atoms with van der Waals surface area (Å²) in [4.78, 5) is 34.2. The van der Waals surface area contributed by atoms with Crippen LogP contribution in [0.5, 0.6) is 0 Å². The number of aromatic amines is 3. The van der Waals surface area contributed by atoms with E-state index in [4.69, 9.17) is 23.2 Å². The Kier molecular flexibility index (Phi) is 2.69. The first-order valence-electron chi connectivity index (χ1n) is 5.23. The fourth-order valence-electron chi connectivity index (χ4n) is 1.77. The first-order valence-corrected chi connectivity index (χ1v) is 5.98. The van der Waals surface area contributed by atoms with Gasteiger partial charge in [-0.15, -0.1) is 0 Å². The molecule has 8 heteroatoms. The summed E-state index contributed by atoms with van der Waals surface area (Å²) in [6.45, 7) is 0. The highest BCUT2D eigenvalue weighted by Crippen LogP contribution is 2.32. The first-order chi connectivity index (χ1) is 9.06. The van der Waals surface area contributed by atoms with Crippen LogP contribution in [0.15, 0.2) is 27.8 Å². The number of halogens is 2. The third-order valence-electron chi connectivity index (χ3n) is 2.59. The second-order valence-corrected chi connectivity index (χ2v) is 4.63. The molecule has 0 aliphatic heterocycles. The molecule has 1 aromatic carbocycles. The molecule has 3 aromatic rings. The van der Waals surface area contributed by atoms with Crippen LogP contribution in [0.2, 0.25) is 10.0 Å². The molecule has 0 saturated carbocycles. The van der Waals surface area contributed by atoms with Crippen LogP contribution < -0.4 is 11.2 Å². The molecule has 3 rings (SSSR count). The summed E-state index contributed by atoms with van der Waals surface area (Å²) in [5, 5.41) is 0.788. The number of imidazole rings is 1. The fraction of sp³-hybridized carbons (Fsp3) is 0. The van der Waals surface area contributed by atoms with Crippen LogP contribution >= 0.6 is 23.2 Å². The molecule has 2 aromatic heterocycles. The van der Waals surface area contributed by atoms with Gasteiger partial charge in [0.2, 0.25) is 0 Å². The zero-order valence-corrected chi connectivity index (χ0v) is 10.8. The van der Waals surface area contributed by atoms with Gasteiger partial charge in [-0.3, -0.25) is 14.8 Å². The van der Waals surface area contributed by atoms with Crippen molar-refractivity contribution in [1.29, 1.82) is 0 Å². The normalized spacial score (nSPS) is 11.1. The van der Waals surface area contributed by atoms with Crippen molar-refractivity contribution in [1.82, 2.24) is 19.9 Å². The van der Waals surface area contributed by atoms with E-state index in [-0.39, 0.29) is 11.2 Å². The molecule has 0 saturated heterocycles. The van der Waals surface area contributed by atoms with Crippen molar-refractivity contribution in [2.24, 2.45) is 0 Å². The Hall–Kier alpha value is -2.05. The molecule has 0 atom stereocenters. The van der Waals surface area contributed by atoms with E-state index in [0.29, 0.717) is 21.4 Å². The van der Waals surface area contributed by atoms with E-state index in [1.165, 1.54) is 0 Å². The zero-order valence-electron chi connectivity index (χ0n) is 9.25. The average molecular weight is 297 g/mol. The third-order valence-corrected chi connectivity index (χ3v) is 3.22. The average Bonchev–Trinajstić information content (AvgIpc) is 2.72. The Labute approximate surface area is 115 Å². The first kappa shape index (κ1) is 12.0. The molecule has 0 fully saturated rings. The molecule has 0 aliphatic carbocycles. The number of fused-ring (bicyclic) bond motifs is 1. The maximum Gasteiger partial charge on any atom is 0.327 e. The zero-order chi connectivity index (χ0) is 13.6. The van der Waals surface area contributed by atoms with Gasteiger partial charge in [0.1, 0.15) is 11.3 Å². The Balaban J connectivity index is 2.36. The van der Waals surface area contributed by atoms with Crippen molar-refractivity contribution in [3.8, 4) is 11.4 Å². The van der Waals surface area contributed by atoms with Crippen molar-refractivity contribution in [3.05, 3.63) is 49.1 Å². The van der Waals surface area contributed by atoms with Gasteiger partial charge in [-0.25, -0.2) is 9.78 Å². The van der Waals surface area contributed by atoms with E-state index >= 15 is 0 Å². The quantitative estimate of drug-likeness (QED) is 0.640. The molecule has 0 unspecified atom stereocenters. The summed E-state index contributed by atoms with van der Waals surface area (Å²) in [5.41, 5.74) is -0.394. The summed E-state index contributed by atoms with van der Waals surface area (Å²) in [6.07, 6.45) is 0. The highest BCUT2D eigenvalue weighted by Gasteiger charge is 2.14. The van der Waals surface area contributed by atoms with Gasteiger partial charge in [0, 0.05) is 0 Å². The molecule has 0 aliphatic rings. The maximum absolute atomic E-state index is 11.6. The summed E-state index contributed by atoms with van der Waals surface area (Å²) in [5.74, 6) is 0.318. The second-order valence-electron chi connectivity index (χ2n) is 3.81. The SMILES string of the molecule is O=c1[nH]c(=O)c2[nH]c(-c3c(Cl)cccc3Cl)nc2[nH]1. The Bertz CT molecular complexity index is 873. The van der Waals surface area contributed by atoms with E-state index in [9.17, 15) is 9.59 Å². The van der Waals surface area contributed by atoms with Crippen LogP contribution in [0.1, 0.15) is 0 Å². The smallest absolute Gasteiger partial charge is 0.327 e. The predicted octanol–water partition coefficient (Wildman–Crippen LogP) is 1.91. The minimum atomic E-state index is -0.624. The number of rotatable bonds is 1. The van der Waals surface area contributed by atoms with E-state index < -0.39 is 11.2 Å².